The molecule has 6 N–H and O–H groups in total. The van der Waals surface area contributed by atoms with Crippen LogP contribution in [0.3, 0.4) is 0 Å². The summed E-state index contributed by atoms with van der Waals surface area (Å²) < 4.78 is 0. The van der Waals surface area contributed by atoms with Crippen LogP contribution in [0.15, 0.2) is 84.4 Å². The van der Waals surface area contributed by atoms with Crippen molar-refractivity contribution in [1.82, 2.24) is 30.7 Å². The molecule has 6 rings (SSSR count). The number of nitrogens with two attached hydrogens (primary N) is 1. The predicted molar refractivity (Wildman–Crippen MR) is 209 cm³/mol. The van der Waals surface area contributed by atoms with E-state index in [9.17, 15) is 24.6 Å². The van der Waals surface area contributed by atoms with E-state index in [1.807, 2.05) is 76.5 Å². The van der Waals surface area contributed by atoms with Gasteiger partial charge in [0.15, 0.2) is 5.82 Å². The molecule has 1 aliphatic rings. The first-order valence-electron chi connectivity index (χ1n) is 17.8. The largest absolute Gasteiger partial charge is 0.507 e. The van der Waals surface area contributed by atoms with Crippen molar-refractivity contribution in [3.05, 3.63) is 101 Å². The van der Waals surface area contributed by atoms with E-state index in [2.05, 4.69) is 25.8 Å². The van der Waals surface area contributed by atoms with E-state index in [0.29, 0.717) is 22.4 Å². The molecule has 3 heterocycles. The molecule has 3 amide bonds. The minimum atomic E-state index is -0.958. The van der Waals surface area contributed by atoms with Crippen molar-refractivity contribution in [2.45, 2.75) is 71.7 Å². The first-order chi connectivity index (χ1) is 25.7. The number of benzene rings is 3. The van der Waals surface area contributed by atoms with E-state index in [-0.39, 0.29) is 48.8 Å². The van der Waals surface area contributed by atoms with Crippen molar-refractivity contribution in [2.75, 3.05) is 12.3 Å². The summed E-state index contributed by atoms with van der Waals surface area (Å²) >= 11 is 1.57. The number of nitrogens with one attached hydrogen (secondary N) is 2. The van der Waals surface area contributed by atoms with Gasteiger partial charge in [-0.2, -0.15) is 0 Å². The number of phenols is 1. The number of para-hydroxylation sites is 1. The maximum absolute atomic E-state index is 14.1. The summed E-state index contributed by atoms with van der Waals surface area (Å²) in [6.07, 6.45) is -0.786. The molecule has 1 saturated heterocycles. The predicted octanol–water partition coefficient (Wildman–Crippen LogP) is 5.44. The van der Waals surface area contributed by atoms with Gasteiger partial charge in [-0.05, 0) is 59.7 Å². The smallest absolute Gasteiger partial charge is 0.246 e. The number of hydrogen-bond acceptors (Lipinski definition) is 10. The fourth-order valence-corrected chi connectivity index (χ4v) is 7.48. The number of phenolic OH excluding ortho intramolecular Hbond substituents is 1. The van der Waals surface area contributed by atoms with E-state index in [1.165, 1.54) is 4.90 Å². The maximum Gasteiger partial charge on any atom is 0.246 e. The number of aryl methyl sites for hydroxylation is 1. The Morgan fingerprint density at radius 1 is 0.963 bits per heavy atom. The standard InChI is InChI=1S/C41H45N7O5S/c1-23(26-14-16-28(17-15-26)36-24(2)43-22-54-36)44-39(52)33-19-29(49)21-48(33)40(53)37(41(3,4)5)45-35(51)18-25-10-12-27(13-11-25)31-20-32(46-47-38(31)42)30-8-6-7-9-34(30)50/h6-17,20,22-23,29,33,37,49-50H,18-19,21H2,1-5H3,(H2,42,47)(H,44,52)(H,45,51)/t23-,29+,33-,37+/m0/s1. The molecule has 0 radical (unpaired) electrons. The number of rotatable bonds is 10. The second-order valence-electron chi connectivity index (χ2n) is 14.8. The summed E-state index contributed by atoms with van der Waals surface area (Å²) in [7, 11) is 0. The SMILES string of the molecule is Cc1ncsc1-c1ccc([C@H](C)NC(=O)[C@@H]2C[C@@H](O)CN2C(=O)[C@@H](NC(=O)Cc2ccc(-c3cc(-c4ccccc4O)nnc3N)cc2)C(C)(C)C)cc1. The van der Waals surface area contributed by atoms with Gasteiger partial charge in [-0.3, -0.25) is 14.4 Å². The van der Waals surface area contributed by atoms with E-state index in [0.717, 1.165) is 27.3 Å². The number of anilines is 1. The summed E-state index contributed by atoms with van der Waals surface area (Å²) in [6, 6.07) is 21.6. The Balaban J connectivity index is 1.11. The Bertz CT molecular complexity index is 2150. The third kappa shape index (κ3) is 8.42. The lowest BCUT2D eigenvalue weighted by atomic mass is 9.85. The Hall–Kier alpha value is -5.66. The fourth-order valence-electron chi connectivity index (χ4n) is 6.67. The second kappa shape index (κ2) is 15.7. The van der Waals surface area contributed by atoms with Crippen LogP contribution in [-0.4, -0.2) is 72.7 Å². The molecular formula is C41H45N7O5S. The van der Waals surface area contributed by atoms with Crippen LogP contribution in [0.5, 0.6) is 5.75 Å². The van der Waals surface area contributed by atoms with Crippen LogP contribution < -0.4 is 16.4 Å². The van der Waals surface area contributed by atoms with Crippen molar-refractivity contribution < 1.29 is 24.6 Å². The van der Waals surface area contributed by atoms with Gasteiger partial charge in [-0.1, -0.05) is 81.4 Å². The van der Waals surface area contributed by atoms with Gasteiger partial charge in [0, 0.05) is 24.1 Å². The molecule has 54 heavy (non-hydrogen) atoms. The highest BCUT2D eigenvalue weighted by molar-refractivity contribution is 7.13. The lowest BCUT2D eigenvalue weighted by Crippen LogP contribution is -2.58. The fraction of sp³-hybridized carbons (Fsp3) is 0.317. The third-order valence-corrected chi connectivity index (χ3v) is 10.7. The summed E-state index contributed by atoms with van der Waals surface area (Å²) in [6.45, 7) is 9.38. The number of β-amino-alcohol motifs (C(OH)–C–C–N with tert-alkyl or cyclic N) is 1. The number of aliphatic hydroxyl groups excluding tert-OH is 1. The number of aromatic nitrogens is 3. The Labute approximate surface area is 318 Å². The van der Waals surface area contributed by atoms with Gasteiger partial charge in [0.2, 0.25) is 17.7 Å². The number of aliphatic hydroxyl groups is 1. The first kappa shape index (κ1) is 38.1. The normalized spacial score (nSPS) is 16.8. The highest BCUT2D eigenvalue weighted by Gasteiger charge is 2.44. The van der Waals surface area contributed by atoms with E-state index in [1.54, 1.807) is 53.8 Å². The van der Waals surface area contributed by atoms with Crippen LogP contribution in [0.2, 0.25) is 0 Å². The molecule has 0 aliphatic carbocycles. The molecule has 0 spiro atoms. The number of likely N-dealkylation sites (tertiary alicyclic amines) is 1. The number of nitrogens with zero attached hydrogens (tertiary/aromatic N) is 4. The van der Waals surface area contributed by atoms with Crippen LogP contribution in [0.25, 0.3) is 32.8 Å². The molecule has 12 nitrogen and oxygen atoms in total. The van der Waals surface area contributed by atoms with Crippen molar-refractivity contribution in [2.24, 2.45) is 5.41 Å². The molecule has 0 unspecified atom stereocenters. The first-order valence-corrected chi connectivity index (χ1v) is 18.7. The maximum atomic E-state index is 14.1. The number of aromatic hydroxyl groups is 1. The second-order valence-corrected chi connectivity index (χ2v) is 15.7. The minimum Gasteiger partial charge on any atom is -0.507 e. The van der Waals surface area contributed by atoms with Gasteiger partial charge in [0.25, 0.3) is 0 Å². The van der Waals surface area contributed by atoms with Crippen LogP contribution in [0, 0.1) is 12.3 Å². The molecule has 4 atom stereocenters. The number of carbonyl (C=O) groups is 3. The third-order valence-electron chi connectivity index (χ3n) is 9.69. The average Bonchev–Trinajstić information content (AvgIpc) is 3.76. The van der Waals surface area contributed by atoms with Gasteiger partial charge in [-0.25, -0.2) is 4.98 Å². The summed E-state index contributed by atoms with van der Waals surface area (Å²) in [5.41, 5.74) is 13.3. The van der Waals surface area contributed by atoms with E-state index >= 15 is 0 Å². The van der Waals surface area contributed by atoms with Crippen molar-refractivity contribution >= 4 is 34.9 Å². The molecular weight excluding hydrogens is 703 g/mol. The Morgan fingerprint density at radius 2 is 1.65 bits per heavy atom. The van der Waals surface area contributed by atoms with Gasteiger partial charge >= 0.3 is 0 Å². The van der Waals surface area contributed by atoms with Crippen LogP contribution in [0.4, 0.5) is 5.82 Å². The Morgan fingerprint density at radius 3 is 2.30 bits per heavy atom. The highest BCUT2D eigenvalue weighted by Crippen LogP contribution is 2.33. The summed E-state index contributed by atoms with van der Waals surface area (Å²) in [4.78, 5) is 48.0. The molecule has 280 valence electrons. The molecule has 2 aromatic heterocycles. The van der Waals surface area contributed by atoms with Crippen molar-refractivity contribution in [1.29, 1.82) is 0 Å². The van der Waals surface area contributed by atoms with E-state index < -0.39 is 29.5 Å². The molecule has 1 fully saturated rings. The zero-order valence-electron chi connectivity index (χ0n) is 30.9. The topological polar surface area (TPSA) is 184 Å². The molecule has 3 aromatic carbocycles. The van der Waals surface area contributed by atoms with Crippen molar-refractivity contribution in [3.8, 4) is 38.6 Å². The monoisotopic (exact) mass is 747 g/mol. The van der Waals surface area contributed by atoms with Crippen LogP contribution in [0.1, 0.15) is 57.0 Å². The van der Waals surface area contributed by atoms with Crippen LogP contribution in [-0.2, 0) is 20.8 Å². The number of amides is 3. The number of carbonyl (C=O) groups excluding carboxylic acids is 3. The van der Waals surface area contributed by atoms with Gasteiger partial charge in [0.05, 0.1) is 40.3 Å². The molecule has 1 aliphatic heterocycles. The number of nitrogen functional groups attached to an aromatic ring is 1. The summed E-state index contributed by atoms with van der Waals surface area (Å²) in [5, 5.41) is 35.1. The molecule has 13 heteroatoms. The van der Waals surface area contributed by atoms with Gasteiger partial charge < -0.3 is 31.5 Å². The zero-order chi connectivity index (χ0) is 38.7. The number of hydrogen-bond donors (Lipinski definition) is 5. The van der Waals surface area contributed by atoms with Gasteiger partial charge in [0.1, 0.15) is 17.8 Å². The zero-order valence-corrected chi connectivity index (χ0v) is 31.7. The molecule has 5 aromatic rings. The minimum absolute atomic E-state index is 0.00123. The number of thiazole rings is 1. The van der Waals surface area contributed by atoms with E-state index in [4.69, 9.17) is 5.73 Å². The average molecular weight is 748 g/mol. The lowest BCUT2D eigenvalue weighted by molar-refractivity contribution is -0.144. The Kier molecular flexibility index (Phi) is 11.1. The molecule has 0 bridgehead atoms. The lowest BCUT2D eigenvalue weighted by Gasteiger charge is -2.35. The summed E-state index contributed by atoms with van der Waals surface area (Å²) in [5.74, 6) is -0.872. The van der Waals surface area contributed by atoms with Gasteiger partial charge in [-0.15, -0.1) is 21.5 Å². The quantitative estimate of drug-likeness (QED) is 0.124. The molecule has 0 saturated carbocycles. The highest BCUT2D eigenvalue weighted by atomic mass is 32.1. The van der Waals surface area contributed by atoms with Crippen LogP contribution >= 0.6 is 11.3 Å². The van der Waals surface area contributed by atoms with Crippen molar-refractivity contribution in [3.63, 3.8) is 0 Å².